The number of amides is 1. The molecule has 5 nitrogen and oxygen atoms in total. The van der Waals surface area contributed by atoms with Crippen molar-refractivity contribution in [3.8, 4) is 0 Å². The zero-order valence-corrected chi connectivity index (χ0v) is 16.9. The molecule has 1 saturated carbocycles. The highest BCUT2D eigenvalue weighted by molar-refractivity contribution is 5.81. The molecule has 2 fully saturated rings. The van der Waals surface area contributed by atoms with Gasteiger partial charge in [-0.05, 0) is 58.8 Å². The predicted octanol–water partition coefficient (Wildman–Crippen LogP) is 3.74. The molecule has 0 bridgehead atoms. The Hall–Kier alpha value is -0.940. The fourth-order valence-electron chi connectivity index (χ4n) is 4.09. The van der Waals surface area contributed by atoms with Gasteiger partial charge in [-0.2, -0.15) is 0 Å². The molecular weight excluding hydrogens is 330 g/mol. The summed E-state index contributed by atoms with van der Waals surface area (Å²) in [5.74, 6) is 0.728. The van der Waals surface area contributed by atoms with Crippen LogP contribution >= 0.6 is 0 Å². The van der Waals surface area contributed by atoms with Crippen LogP contribution in [0.2, 0.25) is 0 Å². The van der Waals surface area contributed by atoms with E-state index < -0.39 is 0 Å². The van der Waals surface area contributed by atoms with Crippen LogP contribution in [0.25, 0.3) is 0 Å². The maximum absolute atomic E-state index is 12.3. The lowest BCUT2D eigenvalue weighted by Crippen LogP contribution is -2.40. The second-order valence-corrected chi connectivity index (χ2v) is 8.03. The lowest BCUT2D eigenvalue weighted by atomic mass is 9.91. The number of ketones is 1. The zero-order valence-electron chi connectivity index (χ0n) is 16.9. The number of carbonyl (C=O) groups excluding carboxylic acids is 2. The zero-order chi connectivity index (χ0) is 18.9. The minimum Gasteiger partial charge on any atom is -0.378 e. The quantitative estimate of drug-likeness (QED) is 0.583. The Morgan fingerprint density at radius 2 is 1.62 bits per heavy atom. The second kappa shape index (κ2) is 11.0. The third-order valence-corrected chi connectivity index (χ3v) is 5.63. The van der Waals surface area contributed by atoms with Gasteiger partial charge < -0.3 is 14.4 Å². The topological polar surface area (TPSA) is 55.8 Å². The molecule has 1 heterocycles. The smallest absolute Gasteiger partial charge is 0.222 e. The Labute approximate surface area is 158 Å². The molecule has 0 radical (unpaired) electrons. The van der Waals surface area contributed by atoms with Crippen molar-refractivity contribution in [1.29, 1.82) is 0 Å². The molecule has 0 unspecified atom stereocenters. The average molecular weight is 368 g/mol. The molecule has 26 heavy (non-hydrogen) atoms. The minimum atomic E-state index is 0.169. The summed E-state index contributed by atoms with van der Waals surface area (Å²) in [6.45, 7) is 8.22. The third-order valence-electron chi connectivity index (χ3n) is 5.63. The van der Waals surface area contributed by atoms with E-state index in [-0.39, 0.29) is 11.8 Å². The fourth-order valence-corrected chi connectivity index (χ4v) is 4.09. The maximum atomic E-state index is 12.3. The van der Waals surface area contributed by atoms with Crippen LogP contribution in [0, 0.1) is 5.92 Å². The van der Waals surface area contributed by atoms with Crippen molar-refractivity contribution >= 4 is 11.7 Å². The van der Waals surface area contributed by atoms with Gasteiger partial charge in [-0.3, -0.25) is 9.59 Å². The van der Waals surface area contributed by atoms with E-state index in [0.717, 1.165) is 58.0 Å². The van der Waals surface area contributed by atoms with Crippen molar-refractivity contribution < 1.29 is 19.1 Å². The number of hydrogen-bond donors (Lipinski definition) is 0. The van der Waals surface area contributed by atoms with Crippen molar-refractivity contribution in [2.45, 2.75) is 96.9 Å². The van der Waals surface area contributed by atoms with Gasteiger partial charge in [0.1, 0.15) is 5.78 Å². The van der Waals surface area contributed by atoms with Gasteiger partial charge in [-0.25, -0.2) is 0 Å². The van der Waals surface area contributed by atoms with Gasteiger partial charge in [0.05, 0.1) is 18.3 Å². The Morgan fingerprint density at radius 3 is 2.19 bits per heavy atom. The molecule has 0 spiro atoms. The van der Waals surface area contributed by atoms with Gasteiger partial charge in [-0.1, -0.05) is 6.92 Å². The highest BCUT2D eigenvalue weighted by Gasteiger charge is 2.26. The Bertz CT molecular complexity index is 435. The van der Waals surface area contributed by atoms with Crippen LogP contribution in [0.3, 0.4) is 0 Å². The van der Waals surface area contributed by atoms with Gasteiger partial charge >= 0.3 is 0 Å². The first-order valence-electron chi connectivity index (χ1n) is 10.6. The third kappa shape index (κ3) is 6.99. The van der Waals surface area contributed by atoms with Crippen molar-refractivity contribution in [2.75, 3.05) is 19.7 Å². The molecule has 0 aromatic heterocycles. The van der Waals surface area contributed by atoms with Crippen LogP contribution in [0.15, 0.2) is 0 Å². The monoisotopic (exact) mass is 367 g/mol. The van der Waals surface area contributed by atoms with Crippen LogP contribution in [-0.2, 0) is 19.1 Å². The highest BCUT2D eigenvalue weighted by Crippen LogP contribution is 2.25. The number of carbonyl (C=O) groups is 2. The molecule has 2 rings (SSSR count). The first-order valence-corrected chi connectivity index (χ1v) is 10.6. The number of piperidine rings is 1. The largest absolute Gasteiger partial charge is 0.378 e. The van der Waals surface area contributed by atoms with E-state index in [1.807, 2.05) is 11.8 Å². The average Bonchev–Trinajstić information content (AvgIpc) is 2.65. The van der Waals surface area contributed by atoms with E-state index >= 15 is 0 Å². The lowest BCUT2D eigenvalue weighted by molar-refractivity contribution is -0.135. The Morgan fingerprint density at radius 1 is 1.00 bits per heavy atom. The molecule has 0 aromatic rings. The molecule has 1 amide bonds. The molecule has 0 aromatic carbocycles. The first kappa shape index (κ1) is 21.4. The van der Waals surface area contributed by atoms with E-state index in [2.05, 4.69) is 13.8 Å². The van der Waals surface area contributed by atoms with Crippen LogP contribution in [-0.4, -0.2) is 54.6 Å². The highest BCUT2D eigenvalue weighted by atomic mass is 16.5. The number of nitrogens with zero attached hydrogens (tertiary/aromatic N) is 1. The summed E-state index contributed by atoms with van der Waals surface area (Å²) in [6.07, 6.45) is 8.90. The van der Waals surface area contributed by atoms with Gasteiger partial charge in [0.25, 0.3) is 0 Å². The Balaban J connectivity index is 1.54. The molecule has 2 aliphatic rings. The van der Waals surface area contributed by atoms with E-state index in [4.69, 9.17) is 9.47 Å². The number of ether oxygens (including phenoxy) is 2. The van der Waals surface area contributed by atoms with Gasteiger partial charge in [-0.15, -0.1) is 0 Å². The van der Waals surface area contributed by atoms with Crippen LogP contribution < -0.4 is 0 Å². The van der Waals surface area contributed by atoms with Crippen molar-refractivity contribution in [1.82, 2.24) is 4.90 Å². The molecular formula is C21H37NO4. The van der Waals surface area contributed by atoms with Crippen molar-refractivity contribution in [3.05, 3.63) is 0 Å². The van der Waals surface area contributed by atoms with E-state index in [1.54, 1.807) is 0 Å². The molecule has 150 valence electrons. The van der Waals surface area contributed by atoms with Gasteiger partial charge in [0, 0.05) is 38.5 Å². The minimum absolute atomic E-state index is 0.169. The normalized spacial score (nSPS) is 24.8. The summed E-state index contributed by atoms with van der Waals surface area (Å²) < 4.78 is 11.8. The maximum Gasteiger partial charge on any atom is 0.222 e. The molecule has 0 N–H and O–H groups in total. The second-order valence-electron chi connectivity index (χ2n) is 8.03. The summed E-state index contributed by atoms with van der Waals surface area (Å²) in [6, 6.07) is 0. The SMILES string of the molecule is CCC(=O)C1CCN(C(=O)CCCOC2CCC(OC(C)C)CC2)CC1. The molecule has 1 aliphatic carbocycles. The number of likely N-dealkylation sites (tertiary alicyclic amines) is 1. The predicted molar refractivity (Wildman–Crippen MR) is 102 cm³/mol. The Kier molecular flexibility index (Phi) is 9.06. The summed E-state index contributed by atoms with van der Waals surface area (Å²) in [4.78, 5) is 26.0. The fraction of sp³-hybridized carbons (Fsp3) is 0.905. The molecule has 0 atom stereocenters. The van der Waals surface area contributed by atoms with Gasteiger partial charge in [0.15, 0.2) is 0 Å². The molecule has 1 aliphatic heterocycles. The van der Waals surface area contributed by atoms with Gasteiger partial charge in [0.2, 0.25) is 5.91 Å². The number of rotatable bonds is 9. The first-order chi connectivity index (χ1) is 12.5. The number of Topliss-reactive ketones (excluding diaryl/α,β-unsaturated/α-hetero) is 1. The van der Waals surface area contributed by atoms with E-state index in [9.17, 15) is 9.59 Å². The van der Waals surface area contributed by atoms with E-state index in [0.29, 0.717) is 43.5 Å². The van der Waals surface area contributed by atoms with Crippen LogP contribution in [0.5, 0.6) is 0 Å². The standard InChI is InChI=1S/C21H37NO4/c1-4-20(23)17-11-13-22(14-12-17)21(24)6-5-15-25-18-7-9-19(10-8-18)26-16(2)3/h16-19H,4-15H2,1-3H3. The number of hydrogen-bond acceptors (Lipinski definition) is 4. The summed E-state index contributed by atoms with van der Waals surface area (Å²) in [5.41, 5.74) is 0. The van der Waals surface area contributed by atoms with Crippen molar-refractivity contribution in [3.63, 3.8) is 0 Å². The van der Waals surface area contributed by atoms with Crippen LogP contribution in [0.4, 0.5) is 0 Å². The van der Waals surface area contributed by atoms with Crippen LogP contribution in [0.1, 0.15) is 78.6 Å². The summed E-state index contributed by atoms with van der Waals surface area (Å²) in [5, 5.41) is 0. The summed E-state index contributed by atoms with van der Waals surface area (Å²) in [7, 11) is 0. The molecule has 5 heteroatoms. The summed E-state index contributed by atoms with van der Waals surface area (Å²) >= 11 is 0. The molecule has 1 saturated heterocycles. The lowest BCUT2D eigenvalue weighted by Gasteiger charge is -2.31. The van der Waals surface area contributed by atoms with E-state index in [1.165, 1.54) is 0 Å². The van der Waals surface area contributed by atoms with Crippen molar-refractivity contribution in [2.24, 2.45) is 5.92 Å².